The van der Waals surface area contributed by atoms with Crippen LogP contribution in [-0.2, 0) is 9.47 Å². The Hall–Kier alpha value is -6.35. The number of rotatable bonds is 6. The summed E-state index contributed by atoms with van der Waals surface area (Å²) in [5.41, 5.74) is 17.6. The Labute approximate surface area is 332 Å². The maximum atomic E-state index is 14.0. The number of urea groups is 1. The number of nitrogens with zero attached hydrogens (tertiary/aromatic N) is 14. The van der Waals surface area contributed by atoms with Gasteiger partial charge in [-0.3, -0.25) is 10.2 Å². The van der Waals surface area contributed by atoms with Crippen molar-refractivity contribution >= 4 is 51.9 Å². The Kier molecular flexibility index (Phi) is 9.44. The number of H-pyrrole nitrogens is 2. The van der Waals surface area contributed by atoms with Crippen molar-refractivity contribution < 1.29 is 14.3 Å². The molecule has 2 amide bonds. The molecule has 4 aliphatic rings. The zero-order chi connectivity index (χ0) is 39.2. The number of nitrogen functional groups attached to an aromatic ring is 2. The highest BCUT2D eigenvalue weighted by Gasteiger charge is 2.34. The lowest BCUT2D eigenvalue weighted by molar-refractivity contribution is 0.122. The Balaban J connectivity index is 0.837. The van der Waals surface area contributed by atoms with Crippen LogP contribution in [0.4, 0.5) is 28.6 Å². The number of aromatic amines is 2. The fourth-order valence-electron chi connectivity index (χ4n) is 8.53. The zero-order valence-corrected chi connectivity index (χ0v) is 31.9. The minimum absolute atomic E-state index is 0.0669. The van der Waals surface area contributed by atoms with E-state index >= 15 is 0 Å². The Bertz CT molecular complexity index is 2240. The van der Waals surface area contributed by atoms with Crippen molar-refractivity contribution in [3.05, 3.63) is 36.2 Å². The zero-order valence-electron chi connectivity index (χ0n) is 31.9. The van der Waals surface area contributed by atoms with E-state index in [0.717, 1.165) is 59.0 Å². The number of amides is 2. The highest BCUT2D eigenvalue weighted by molar-refractivity contribution is 5.94. The molecule has 0 radical (unpaired) electrons. The van der Waals surface area contributed by atoms with Crippen LogP contribution in [0, 0.1) is 0 Å². The van der Waals surface area contributed by atoms with Gasteiger partial charge in [0.05, 0.1) is 60.0 Å². The summed E-state index contributed by atoms with van der Waals surface area (Å²) in [5.74, 6) is 1.83. The third-order valence-corrected chi connectivity index (χ3v) is 11.7. The summed E-state index contributed by atoms with van der Waals surface area (Å²) < 4.78 is 11.1. The van der Waals surface area contributed by atoms with Crippen LogP contribution >= 0.6 is 0 Å². The molecule has 0 atom stereocenters. The average Bonchev–Trinajstić information content (AvgIpc) is 3.92. The molecule has 6 aromatic heterocycles. The molecule has 58 heavy (non-hydrogen) atoms. The minimum Gasteiger partial charge on any atom is -0.378 e. The van der Waals surface area contributed by atoms with E-state index in [4.69, 9.17) is 40.9 Å². The third-order valence-electron chi connectivity index (χ3n) is 11.7. The summed E-state index contributed by atoms with van der Waals surface area (Å²) in [7, 11) is 0. The van der Waals surface area contributed by atoms with E-state index in [1.807, 2.05) is 9.80 Å². The predicted molar refractivity (Wildman–Crippen MR) is 213 cm³/mol. The maximum Gasteiger partial charge on any atom is 0.319 e. The summed E-state index contributed by atoms with van der Waals surface area (Å²) in [5, 5.41) is 17.6. The second-order valence-corrected chi connectivity index (χ2v) is 15.1. The summed E-state index contributed by atoms with van der Waals surface area (Å²) in [6.07, 6.45) is 9.83. The molecule has 0 aliphatic carbocycles. The Morgan fingerprint density at radius 2 is 0.948 bits per heavy atom. The lowest BCUT2D eigenvalue weighted by Gasteiger charge is -2.38. The van der Waals surface area contributed by atoms with E-state index in [9.17, 15) is 4.79 Å². The van der Waals surface area contributed by atoms with Gasteiger partial charge in [-0.05, 0) is 25.7 Å². The fraction of sp³-hybridized carbons (Fsp3) is 0.486. The largest absolute Gasteiger partial charge is 0.378 e. The number of hydrogen-bond donors (Lipinski definition) is 4. The number of aromatic nitrogens is 12. The normalized spacial score (nSPS) is 18.8. The quantitative estimate of drug-likeness (QED) is 0.188. The number of fused-ring (bicyclic) bond motifs is 2. The number of carbonyl (C=O) groups is 1. The number of nitrogens with two attached hydrogens (primary N) is 2. The van der Waals surface area contributed by atoms with Crippen molar-refractivity contribution in [1.82, 2.24) is 70.1 Å². The van der Waals surface area contributed by atoms with E-state index in [1.54, 1.807) is 24.8 Å². The maximum absolute atomic E-state index is 14.0. The molecule has 21 heteroatoms. The molecule has 0 spiro atoms. The molecule has 6 N–H and O–H groups in total. The van der Waals surface area contributed by atoms with E-state index < -0.39 is 0 Å². The second kappa shape index (κ2) is 15.2. The van der Waals surface area contributed by atoms with Gasteiger partial charge in [0.25, 0.3) is 0 Å². The van der Waals surface area contributed by atoms with Gasteiger partial charge in [-0.1, -0.05) is 0 Å². The molecule has 0 unspecified atom stereocenters. The first-order chi connectivity index (χ1) is 28.5. The molecule has 4 fully saturated rings. The summed E-state index contributed by atoms with van der Waals surface area (Å²) in [6, 6.07) is 0.0669. The van der Waals surface area contributed by atoms with Gasteiger partial charge in [0.2, 0.25) is 23.8 Å². The number of anilines is 4. The number of carbonyl (C=O) groups excluding carboxylic acids is 1. The van der Waals surface area contributed by atoms with Gasteiger partial charge in [0.15, 0.2) is 11.3 Å². The van der Waals surface area contributed by atoms with Gasteiger partial charge >= 0.3 is 6.03 Å². The SMILES string of the molecule is Nc1ncc(-c2nc(N3CCOCC3)nc3n[nH]c(C4CCN(C(=O)N5CCC(c6[nH]nc7nc(N8CCOCC8)nc(-c8cnc(N)nc8)c67)CC5)CC4)c23)cn1. The first-order valence-corrected chi connectivity index (χ1v) is 19.8. The van der Waals surface area contributed by atoms with Crippen molar-refractivity contribution in [2.45, 2.75) is 37.5 Å². The molecular weight excluding hydrogens is 745 g/mol. The number of nitrogens with one attached hydrogen (secondary N) is 2. The third kappa shape index (κ3) is 6.78. The van der Waals surface area contributed by atoms with Crippen LogP contribution in [0.25, 0.3) is 44.6 Å². The standard InChI is InChI=1S/C37H44N18O3/c38-33-40-17-23(18-41-33)27-25-29(48-50-31(25)46-35(44-27)52-9-13-57-14-10-52)21-1-5-54(6-2-21)37(56)55-7-3-22(4-8-55)30-26-28(24-19-42-34(39)43-20-24)45-36(47-32(26)51-49-30)53-11-15-58-16-12-53/h17-22H,1-16H2,(H2,38,40,41)(H2,39,42,43)(H,44,46,48,50)(H,45,47,49,51). The molecule has 10 rings (SSSR count). The van der Waals surface area contributed by atoms with E-state index in [1.165, 1.54) is 0 Å². The highest BCUT2D eigenvalue weighted by atomic mass is 16.5. The van der Waals surface area contributed by atoms with Gasteiger partial charge in [-0.2, -0.15) is 20.2 Å². The number of likely N-dealkylation sites (tertiary alicyclic amines) is 2. The number of morpholine rings is 2. The van der Waals surface area contributed by atoms with Crippen molar-refractivity contribution in [1.29, 1.82) is 0 Å². The fourth-order valence-corrected chi connectivity index (χ4v) is 8.53. The summed E-state index contributed by atoms with van der Waals surface area (Å²) in [6.45, 7) is 7.70. The van der Waals surface area contributed by atoms with E-state index in [2.05, 4.69) is 50.1 Å². The van der Waals surface area contributed by atoms with Crippen LogP contribution in [0.15, 0.2) is 24.8 Å². The molecule has 0 aromatic carbocycles. The molecule has 6 aromatic rings. The Morgan fingerprint density at radius 1 is 0.569 bits per heavy atom. The lowest BCUT2D eigenvalue weighted by Crippen LogP contribution is -2.48. The number of ether oxygens (including phenoxy) is 2. The average molecular weight is 789 g/mol. The summed E-state index contributed by atoms with van der Waals surface area (Å²) >= 11 is 0. The molecule has 0 bridgehead atoms. The van der Waals surface area contributed by atoms with Crippen LogP contribution < -0.4 is 21.3 Å². The predicted octanol–water partition coefficient (Wildman–Crippen LogP) is 1.95. The molecule has 4 saturated heterocycles. The summed E-state index contributed by atoms with van der Waals surface area (Å²) in [4.78, 5) is 58.9. The first kappa shape index (κ1) is 36.0. The highest BCUT2D eigenvalue weighted by Crippen LogP contribution is 2.39. The second-order valence-electron chi connectivity index (χ2n) is 15.1. The molecule has 4 aliphatic heterocycles. The van der Waals surface area contributed by atoms with Crippen LogP contribution in [0.2, 0.25) is 0 Å². The molecular formula is C37H44N18O3. The molecule has 10 heterocycles. The van der Waals surface area contributed by atoms with Crippen LogP contribution in [0.5, 0.6) is 0 Å². The molecule has 0 saturated carbocycles. The molecule has 300 valence electrons. The van der Waals surface area contributed by atoms with Gasteiger partial charge in [-0.15, -0.1) is 0 Å². The molecule has 21 nitrogen and oxygen atoms in total. The van der Waals surface area contributed by atoms with Gasteiger partial charge in [0, 0.05) is 100 Å². The van der Waals surface area contributed by atoms with Crippen molar-refractivity contribution in [3.8, 4) is 22.5 Å². The minimum atomic E-state index is 0.0669. The van der Waals surface area contributed by atoms with E-state index in [0.29, 0.717) is 113 Å². The topological polar surface area (TPSA) is 261 Å². The van der Waals surface area contributed by atoms with Crippen LogP contribution in [-0.4, -0.2) is 155 Å². The van der Waals surface area contributed by atoms with Gasteiger partial charge in [0.1, 0.15) is 0 Å². The van der Waals surface area contributed by atoms with Crippen molar-refractivity contribution in [2.24, 2.45) is 0 Å². The Morgan fingerprint density at radius 3 is 1.33 bits per heavy atom. The number of hydrogen-bond acceptors (Lipinski definition) is 17. The number of piperidine rings is 2. The van der Waals surface area contributed by atoms with Gasteiger partial charge in [-0.25, -0.2) is 34.7 Å². The van der Waals surface area contributed by atoms with Crippen LogP contribution in [0.3, 0.4) is 0 Å². The van der Waals surface area contributed by atoms with Crippen molar-refractivity contribution in [3.63, 3.8) is 0 Å². The first-order valence-electron chi connectivity index (χ1n) is 19.8. The monoisotopic (exact) mass is 788 g/mol. The smallest absolute Gasteiger partial charge is 0.319 e. The van der Waals surface area contributed by atoms with E-state index in [-0.39, 0.29) is 29.8 Å². The van der Waals surface area contributed by atoms with Crippen molar-refractivity contribution in [2.75, 3.05) is 100 Å². The van der Waals surface area contributed by atoms with Gasteiger partial charge < -0.3 is 40.5 Å². The lowest BCUT2D eigenvalue weighted by atomic mass is 9.90. The van der Waals surface area contributed by atoms with Crippen LogP contribution in [0.1, 0.15) is 48.9 Å².